The van der Waals surface area contributed by atoms with Crippen LogP contribution >= 0.6 is 0 Å². The summed E-state index contributed by atoms with van der Waals surface area (Å²) < 4.78 is 61.2. The van der Waals surface area contributed by atoms with E-state index in [4.69, 9.17) is 5.26 Å². The number of anilines is 1. The number of hydrogen-bond acceptors (Lipinski definition) is 5. The van der Waals surface area contributed by atoms with Gasteiger partial charge in [0, 0.05) is 6.20 Å². The second kappa shape index (κ2) is 6.23. The third kappa shape index (κ3) is 4.18. The van der Waals surface area contributed by atoms with Crippen molar-refractivity contribution in [2.45, 2.75) is 11.1 Å². The van der Waals surface area contributed by atoms with E-state index in [1.165, 1.54) is 18.2 Å². The highest BCUT2D eigenvalue weighted by Gasteiger charge is 2.30. The quantitative estimate of drug-likeness (QED) is 0.831. The van der Waals surface area contributed by atoms with Crippen LogP contribution in [-0.4, -0.2) is 13.4 Å². The van der Waals surface area contributed by atoms with Crippen molar-refractivity contribution in [3.63, 3.8) is 0 Å². The fourth-order valence-electron chi connectivity index (χ4n) is 1.55. The van der Waals surface area contributed by atoms with E-state index in [0.29, 0.717) is 6.20 Å². The van der Waals surface area contributed by atoms with Crippen LogP contribution in [0.3, 0.4) is 0 Å². The van der Waals surface area contributed by atoms with Crippen LogP contribution in [0.1, 0.15) is 11.1 Å². The Hall–Kier alpha value is -2.64. The van der Waals surface area contributed by atoms with Crippen molar-refractivity contribution in [2.24, 2.45) is 0 Å². The van der Waals surface area contributed by atoms with E-state index < -0.39 is 21.8 Å². The number of sulfonamides is 1. The lowest BCUT2D eigenvalue weighted by Gasteiger charge is -2.10. The van der Waals surface area contributed by atoms with Gasteiger partial charge in [0.2, 0.25) is 0 Å². The summed E-state index contributed by atoms with van der Waals surface area (Å²) in [4.78, 5) is 5.26. The Morgan fingerprint density at radius 1 is 1.17 bits per heavy atom. The van der Waals surface area contributed by atoms with Crippen molar-refractivity contribution in [3.05, 3.63) is 53.7 Å². The molecule has 0 saturated heterocycles. The molecule has 0 aliphatic rings. The molecule has 6 nitrogen and oxygen atoms in total. The number of halogens is 3. The van der Waals surface area contributed by atoms with Crippen molar-refractivity contribution in [3.8, 4) is 6.07 Å². The summed E-state index contributed by atoms with van der Waals surface area (Å²) in [6.07, 6.45) is -3.95. The van der Waals surface area contributed by atoms with Gasteiger partial charge in [-0.25, -0.2) is 13.4 Å². The maximum Gasteiger partial charge on any atom is 0.417 e. The average molecular weight is 342 g/mol. The van der Waals surface area contributed by atoms with E-state index in [1.54, 1.807) is 6.07 Å². The minimum Gasteiger partial charge on any atom is -0.292 e. The lowest BCUT2D eigenvalue weighted by atomic mass is 10.2. The van der Waals surface area contributed by atoms with E-state index in [2.05, 4.69) is 10.4 Å². The SMILES string of the molecule is N#Cc1cccc(S(=O)(=O)NNc2ccc(C(F)(F)F)cn2)c1. The van der Waals surface area contributed by atoms with E-state index in [9.17, 15) is 21.6 Å². The summed E-state index contributed by atoms with van der Waals surface area (Å²) in [6.45, 7) is 0. The highest BCUT2D eigenvalue weighted by molar-refractivity contribution is 7.89. The van der Waals surface area contributed by atoms with Crippen molar-refractivity contribution in [1.82, 2.24) is 9.82 Å². The standard InChI is InChI=1S/C13H9F3N4O2S/c14-13(15,16)10-4-5-12(18-8-10)19-20-23(21,22)11-3-1-2-9(6-11)7-17/h1-6,8,20H,(H,18,19). The number of hydrogen-bond donors (Lipinski definition) is 2. The van der Waals surface area contributed by atoms with Gasteiger partial charge in [0.05, 0.1) is 22.1 Å². The first-order valence-corrected chi connectivity index (χ1v) is 7.52. The van der Waals surface area contributed by atoms with Crippen molar-refractivity contribution >= 4 is 15.8 Å². The topological polar surface area (TPSA) is 94.9 Å². The molecule has 0 unspecified atom stereocenters. The zero-order valence-corrected chi connectivity index (χ0v) is 12.1. The summed E-state index contributed by atoms with van der Waals surface area (Å²) in [6, 6.07) is 8.80. The molecule has 23 heavy (non-hydrogen) atoms. The Kier molecular flexibility index (Phi) is 4.53. The number of aromatic nitrogens is 1. The normalized spacial score (nSPS) is 11.7. The van der Waals surface area contributed by atoms with Crippen LogP contribution in [0.25, 0.3) is 0 Å². The third-order valence-electron chi connectivity index (χ3n) is 2.68. The van der Waals surface area contributed by atoms with Crippen LogP contribution < -0.4 is 10.3 Å². The summed E-state index contributed by atoms with van der Waals surface area (Å²) >= 11 is 0. The van der Waals surface area contributed by atoms with Gasteiger partial charge in [0.25, 0.3) is 10.0 Å². The Morgan fingerprint density at radius 2 is 1.91 bits per heavy atom. The van der Waals surface area contributed by atoms with Crippen molar-refractivity contribution < 1.29 is 21.6 Å². The molecule has 0 aliphatic carbocycles. The summed E-state index contributed by atoms with van der Waals surface area (Å²) in [5, 5.41) is 8.74. The van der Waals surface area contributed by atoms with Gasteiger partial charge in [-0.2, -0.15) is 18.4 Å². The maximum absolute atomic E-state index is 12.4. The first-order chi connectivity index (χ1) is 10.7. The smallest absolute Gasteiger partial charge is 0.292 e. The number of nitrogens with one attached hydrogen (secondary N) is 2. The van der Waals surface area contributed by atoms with Crippen LogP contribution in [0.15, 0.2) is 47.5 Å². The van der Waals surface area contributed by atoms with Crippen LogP contribution in [0.4, 0.5) is 19.0 Å². The highest BCUT2D eigenvalue weighted by Crippen LogP contribution is 2.28. The van der Waals surface area contributed by atoms with Crippen LogP contribution in [-0.2, 0) is 16.2 Å². The van der Waals surface area contributed by atoms with Gasteiger partial charge in [0.1, 0.15) is 5.82 Å². The van der Waals surface area contributed by atoms with Gasteiger partial charge in [-0.15, -0.1) is 4.83 Å². The summed E-state index contributed by atoms with van der Waals surface area (Å²) in [5.41, 5.74) is 1.40. The molecule has 120 valence electrons. The first-order valence-electron chi connectivity index (χ1n) is 6.03. The molecular weight excluding hydrogens is 333 g/mol. The van der Waals surface area contributed by atoms with E-state index in [-0.39, 0.29) is 16.3 Å². The second-order valence-electron chi connectivity index (χ2n) is 4.30. The van der Waals surface area contributed by atoms with Crippen LogP contribution in [0.5, 0.6) is 0 Å². The number of nitrogens with zero attached hydrogens (tertiary/aromatic N) is 2. The molecule has 1 aromatic heterocycles. The molecule has 2 N–H and O–H groups in total. The number of rotatable bonds is 4. The first kappa shape index (κ1) is 16.7. The largest absolute Gasteiger partial charge is 0.417 e. The molecule has 1 heterocycles. The lowest BCUT2D eigenvalue weighted by molar-refractivity contribution is -0.137. The molecule has 2 aromatic rings. The summed E-state index contributed by atoms with van der Waals surface area (Å²) in [7, 11) is -4.00. The van der Waals surface area contributed by atoms with Crippen molar-refractivity contribution in [2.75, 3.05) is 5.43 Å². The predicted molar refractivity (Wildman–Crippen MR) is 74.3 cm³/mol. The number of alkyl halides is 3. The van der Waals surface area contributed by atoms with Crippen molar-refractivity contribution in [1.29, 1.82) is 5.26 Å². The molecule has 1 aromatic carbocycles. The van der Waals surface area contributed by atoms with E-state index >= 15 is 0 Å². The van der Waals surface area contributed by atoms with Crippen LogP contribution in [0.2, 0.25) is 0 Å². The van der Waals surface area contributed by atoms with Gasteiger partial charge in [-0.1, -0.05) is 6.07 Å². The number of nitriles is 1. The fraction of sp³-hybridized carbons (Fsp3) is 0.0769. The average Bonchev–Trinajstić information content (AvgIpc) is 2.52. The molecule has 2 rings (SSSR count). The van der Waals surface area contributed by atoms with Gasteiger partial charge in [0.15, 0.2) is 0 Å². The van der Waals surface area contributed by atoms with Gasteiger partial charge < -0.3 is 0 Å². The molecule has 0 bridgehead atoms. The molecule has 0 amide bonds. The number of pyridine rings is 1. The second-order valence-corrected chi connectivity index (χ2v) is 5.98. The molecule has 0 fully saturated rings. The minimum absolute atomic E-state index is 0.113. The monoisotopic (exact) mass is 342 g/mol. The van der Waals surface area contributed by atoms with Crippen LogP contribution in [0, 0.1) is 11.3 Å². The zero-order valence-electron chi connectivity index (χ0n) is 11.3. The number of hydrazine groups is 1. The molecule has 0 spiro atoms. The molecule has 0 radical (unpaired) electrons. The van der Waals surface area contributed by atoms with Gasteiger partial charge in [-0.05, 0) is 30.3 Å². The Labute approximate surface area is 129 Å². The molecule has 0 atom stereocenters. The third-order valence-corrected chi connectivity index (χ3v) is 3.92. The number of benzene rings is 1. The molecule has 0 aliphatic heterocycles. The van der Waals surface area contributed by atoms with E-state index in [1.807, 2.05) is 4.83 Å². The lowest BCUT2D eigenvalue weighted by Crippen LogP contribution is -2.30. The summed E-state index contributed by atoms with van der Waals surface area (Å²) in [5.74, 6) is -0.113. The molecular formula is C13H9F3N4O2S. The van der Waals surface area contributed by atoms with Gasteiger partial charge >= 0.3 is 6.18 Å². The minimum atomic E-state index is -4.53. The molecule has 0 saturated carbocycles. The van der Waals surface area contributed by atoms with E-state index in [0.717, 1.165) is 18.2 Å². The zero-order chi connectivity index (χ0) is 17.1. The Morgan fingerprint density at radius 3 is 2.48 bits per heavy atom. The fourth-order valence-corrected chi connectivity index (χ4v) is 2.44. The predicted octanol–water partition coefficient (Wildman–Crippen LogP) is 2.28. The molecule has 10 heteroatoms. The Balaban J connectivity index is 2.12. The van der Waals surface area contributed by atoms with Gasteiger partial charge in [-0.3, -0.25) is 5.43 Å². The Bertz CT molecular complexity index is 843. The highest BCUT2D eigenvalue weighted by atomic mass is 32.2. The maximum atomic E-state index is 12.4.